The van der Waals surface area contributed by atoms with Crippen LogP contribution in [0.5, 0.6) is 5.75 Å². The summed E-state index contributed by atoms with van der Waals surface area (Å²) in [5.41, 5.74) is 2.42. The lowest BCUT2D eigenvalue weighted by molar-refractivity contribution is 0.414. The quantitative estimate of drug-likeness (QED) is 0.827. The standard InChI is InChI=1S/C15H18N2O/c1-18-14-6-4-5-12(10-14)9-13-11-17-8-3-2-7-15(17)16-13/h4-6,10-11H,2-3,7-9H2,1H3. The molecule has 0 radical (unpaired) electrons. The largest absolute Gasteiger partial charge is 0.497 e. The second-order valence-corrected chi connectivity index (χ2v) is 4.83. The summed E-state index contributed by atoms with van der Waals surface area (Å²) in [6, 6.07) is 8.21. The van der Waals surface area contributed by atoms with Gasteiger partial charge in [0.15, 0.2) is 0 Å². The van der Waals surface area contributed by atoms with Crippen LogP contribution in [0.4, 0.5) is 0 Å². The minimum Gasteiger partial charge on any atom is -0.497 e. The van der Waals surface area contributed by atoms with Crippen molar-refractivity contribution in [1.29, 1.82) is 0 Å². The van der Waals surface area contributed by atoms with Gasteiger partial charge in [-0.2, -0.15) is 0 Å². The maximum atomic E-state index is 5.25. The van der Waals surface area contributed by atoms with E-state index in [1.165, 1.54) is 29.9 Å². The number of aromatic nitrogens is 2. The Morgan fingerprint density at radius 3 is 3.11 bits per heavy atom. The predicted molar refractivity (Wildman–Crippen MR) is 71.0 cm³/mol. The third-order valence-electron chi connectivity index (χ3n) is 3.48. The average molecular weight is 242 g/mol. The van der Waals surface area contributed by atoms with Crippen molar-refractivity contribution in [2.75, 3.05) is 7.11 Å². The van der Waals surface area contributed by atoms with Crippen molar-refractivity contribution in [3.05, 3.63) is 47.5 Å². The molecule has 1 aliphatic heterocycles. The van der Waals surface area contributed by atoms with E-state index in [2.05, 4.69) is 22.9 Å². The zero-order chi connectivity index (χ0) is 12.4. The first-order valence-electron chi connectivity index (χ1n) is 6.53. The monoisotopic (exact) mass is 242 g/mol. The van der Waals surface area contributed by atoms with Crippen molar-refractivity contribution in [3.63, 3.8) is 0 Å². The SMILES string of the molecule is COc1cccc(Cc2cn3c(n2)CCCC3)c1. The lowest BCUT2D eigenvalue weighted by Crippen LogP contribution is -2.08. The van der Waals surface area contributed by atoms with Gasteiger partial charge >= 0.3 is 0 Å². The van der Waals surface area contributed by atoms with Crippen molar-refractivity contribution in [2.45, 2.75) is 32.2 Å². The molecule has 2 aromatic rings. The van der Waals surface area contributed by atoms with Crippen LogP contribution in [0.15, 0.2) is 30.5 Å². The van der Waals surface area contributed by atoms with E-state index in [-0.39, 0.29) is 0 Å². The third-order valence-corrected chi connectivity index (χ3v) is 3.48. The first-order valence-corrected chi connectivity index (χ1v) is 6.53. The summed E-state index contributed by atoms with van der Waals surface area (Å²) >= 11 is 0. The molecule has 0 fully saturated rings. The molecule has 2 heterocycles. The zero-order valence-electron chi connectivity index (χ0n) is 10.7. The van der Waals surface area contributed by atoms with Crippen LogP contribution >= 0.6 is 0 Å². The Bertz CT molecular complexity index is 522. The third kappa shape index (κ3) is 2.26. The highest BCUT2D eigenvalue weighted by molar-refractivity contribution is 5.31. The molecule has 0 saturated carbocycles. The number of benzene rings is 1. The summed E-state index contributed by atoms with van der Waals surface area (Å²) < 4.78 is 7.55. The van der Waals surface area contributed by atoms with Crippen LogP contribution in [-0.4, -0.2) is 16.7 Å². The molecule has 94 valence electrons. The van der Waals surface area contributed by atoms with Gasteiger partial charge in [0.1, 0.15) is 11.6 Å². The van der Waals surface area contributed by atoms with Crippen molar-refractivity contribution in [3.8, 4) is 5.75 Å². The molecule has 0 N–H and O–H groups in total. The highest BCUT2D eigenvalue weighted by atomic mass is 16.5. The molecule has 0 saturated heterocycles. The average Bonchev–Trinajstić information content (AvgIpc) is 2.81. The molecule has 0 aliphatic carbocycles. The fourth-order valence-electron chi connectivity index (χ4n) is 2.55. The number of imidazole rings is 1. The number of hydrogen-bond acceptors (Lipinski definition) is 2. The van der Waals surface area contributed by atoms with Gasteiger partial charge in [-0.3, -0.25) is 0 Å². The topological polar surface area (TPSA) is 27.1 Å². The van der Waals surface area contributed by atoms with Crippen molar-refractivity contribution < 1.29 is 4.74 Å². The normalized spacial score (nSPS) is 14.3. The lowest BCUT2D eigenvalue weighted by atomic mass is 10.1. The molecular weight excluding hydrogens is 224 g/mol. The maximum Gasteiger partial charge on any atom is 0.119 e. The predicted octanol–water partition coefficient (Wildman–Crippen LogP) is 2.82. The van der Waals surface area contributed by atoms with Gasteiger partial charge in [0, 0.05) is 25.6 Å². The smallest absolute Gasteiger partial charge is 0.119 e. The molecule has 0 bridgehead atoms. The molecule has 3 rings (SSSR count). The number of nitrogens with zero attached hydrogens (tertiary/aromatic N) is 2. The van der Waals surface area contributed by atoms with E-state index in [9.17, 15) is 0 Å². The minimum absolute atomic E-state index is 0.886. The van der Waals surface area contributed by atoms with Crippen molar-refractivity contribution in [1.82, 2.24) is 9.55 Å². The highest BCUT2D eigenvalue weighted by Gasteiger charge is 2.12. The second kappa shape index (κ2) is 4.84. The van der Waals surface area contributed by atoms with E-state index in [0.717, 1.165) is 25.1 Å². The van der Waals surface area contributed by atoms with E-state index in [1.54, 1.807) is 7.11 Å². The number of hydrogen-bond donors (Lipinski definition) is 0. The number of ether oxygens (including phenoxy) is 1. The Morgan fingerprint density at radius 2 is 2.28 bits per heavy atom. The summed E-state index contributed by atoms with van der Waals surface area (Å²) in [7, 11) is 1.70. The van der Waals surface area contributed by atoms with Gasteiger partial charge in [-0.25, -0.2) is 4.98 Å². The van der Waals surface area contributed by atoms with E-state index < -0.39 is 0 Å². The van der Waals surface area contributed by atoms with Gasteiger partial charge in [0.05, 0.1) is 12.8 Å². The van der Waals surface area contributed by atoms with Gasteiger partial charge in [-0.15, -0.1) is 0 Å². The summed E-state index contributed by atoms with van der Waals surface area (Å²) in [6.45, 7) is 1.13. The Balaban J connectivity index is 1.81. The molecule has 3 heteroatoms. The van der Waals surface area contributed by atoms with Gasteiger partial charge in [-0.05, 0) is 30.5 Å². The minimum atomic E-state index is 0.886. The first-order chi connectivity index (χ1) is 8.85. The fourth-order valence-corrected chi connectivity index (χ4v) is 2.55. The summed E-state index contributed by atoms with van der Waals surface area (Å²) in [5.74, 6) is 2.16. The molecule has 1 aromatic heterocycles. The Morgan fingerprint density at radius 1 is 1.33 bits per heavy atom. The maximum absolute atomic E-state index is 5.25. The van der Waals surface area contributed by atoms with Gasteiger partial charge < -0.3 is 9.30 Å². The number of aryl methyl sites for hydroxylation is 2. The van der Waals surface area contributed by atoms with Crippen molar-refractivity contribution in [2.24, 2.45) is 0 Å². The summed E-state index contributed by atoms with van der Waals surface area (Å²) in [5, 5.41) is 0. The van der Waals surface area contributed by atoms with Gasteiger partial charge in [0.2, 0.25) is 0 Å². The molecular formula is C15H18N2O. The molecule has 18 heavy (non-hydrogen) atoms. The highest BCUT2D eigenvalue weighted by Crippen LogP contribution is 2.18. The van der Waals surface area contributed by atoms with Gasteiger partial charge in [-0.1, -0.05) is 12.1 Å². The van der Waals surface area contributed by atoms with Crippen LogP contribution in [0.25, 0.3) is 0 Å². The number of methoxy groups -OCH3 is 1. The van der Waals surface area contributed by atoms with E-state index in [4.69, 9.17) is 9.72 Å². The lowest BCUT2D eigenvalue weighted by Gasteiger charge is -2.11. The van der Waals surface area contributed by atoms with Crippen LogP contribution < -0.4 is 4.74 Å². The molecule has 1 aliphatic rings. The Kier molecular flexibility index (Phi) is 3.05. The fraction of sp³-hybridized carbons (Fsp3) is 0.400. The number of fused-ring (bicyclic) bond motifs is 1. The van der Waals surface area contributed by atoms with E-state index >= 15 is 0 Å². The molecule has 1 aromatic carbocycles. The van der Waals surface area contributed by atoms with Crippen LogP contribution in [-0.2, 0) is 19.4 Å². The van der Waals surface area contributed by atoms with Crippen molar-refractivity contribution >= 4 is 0 Å². The Labute approximate surface area is 107 Å². The molecule has 0 amide bonds. The summed E-state index contributed by atoms with van der Waals surface area (Å²) in [6.07, 6.45) is 6.76. The van der Waals surface area contributed by atoms with Crippen LogP contribution in [0.2, 0.25) is 0 Å². The van der Waals surface area contributed by atoms with Gasteiger partial charge in [0.25, 0.3) is 0 Å². The van der Waals surface area contributed by atoms with E-state index in [0.29, 0.717) is 0 Å². The molecule has 0 unspecified atom stereocenters. The van der Waals surface area contributed by atoms with E-state index in [1.807, 2.05) is 12.1 Å². The summed E-state index contributed by atoms with van der Waals surface area (Å²) in [4.78, 5) is 4.72. The first kappa shape index (κ1) is 11.3. The molecule has 0 atom stereocenters. The molecule has 3 nitrogen and oxygen atoms in total. The van der Waals surface area contributed by atoms with Crippen LogP contribution in [0.3, 0.4) is 0 Å². The van der Waals surface area contributed by atoms with Crippen LogP contribution in [0.1, 0.15) is 29.9 Å². The second-order valence-electron chi connectivity index (χ2n) is 4.83. The molecule has 0 spiro atoms. The number of rotatable bonds is 3. The zero-order valence-corrected chi connectivity index (χ0v) is 10.7. The van der Waals surface area contributed by atoms with Crippen LogP contribution in [0, 0.1) is 0 Å². The Hall–Kier alpha value is -1.77.